The van der Waals surface area contributed by atoms with E-state index >= 15 is 0 Å². The molecule has 140 valence electrons. The molecule has 0 aromatic heterocycles. The van der Waals surface area contributed by atoms with Crippen LogP contribution in [0.5, 0.6) is 0 Å². The molecule has 0 saturated heterocycles. The maximum Gasteiger partial charge on any atom is 0.253 e. The molecule has 0 aliphatic carbocycles. The molecule has 1 unspecified atom stereocenters. The molecular weight excluding hydrogens is 413 g/mol. The molecule has 0 bridgehead atoms. The van der Waals surface area contributed by atoms with E-state index in [1.165, 1.54) is 0 Å². The van der Waals surface area contributed by atoms with Gasteiger partial charge in [0.05, 0.1) is 10.0 Å². The lowest BCUT2D eigenvalue weighted by Crippen LogP contribution is -2.31. The van der Waals surface area contributed by atoms with Crippen LogP contribution in [-0.2, 0) is 0 Å². The van der Waals surface area contributed by atoms with Gasteiger partial charge in [0, 0.05) is 36.6 Å². The highest BCUT2D eigenvalue weighted by atomic mass is 35.7. The maximum atomic E-state index is 12.8. The first-order chi connectivity index (χ1) is 12.3. The molecule has 1 atom stereocenters. The van der Waals surface area contributed by atoms with Crippen LogP contribution in [0.1, 0.15) is 33.8 Å². The highest BCUT2D eigenvalue weighted by Crippen LogP contribution is 2.29. The molecule has 1 amide bonds. The molecule has 3 nitrogen and oxygen atoms in total. The van der Waals surface area contributed by atoms with Crippen molar-refractivity contribution in [1.29, 1.82) is 0 Å². The zero-order valence-electron chi connectivity index (χ0n) is 14.5. The van der Waals surface area contributed by atoms with Crippen molar-refractivity contribution in [3.8, 4) is 0 Å². The topological polar surface area (TPSA) is 40.5 Å². The molecule has 0 heterocycles. The first kappa shape index (κ1) is 21.4. The van der Waals surface area contributed by atoms with E-state index in [1.54, 1.807) is 30.1 Å². The standard InChI is InChI=1S/C19H20Cl3NO2S/c1-12-7-15(9-16(8-12)26-22)19(25)23(2)11-14(5-6-24)13-3-4-17(20)18(21)10-13/h3-4,7-10,14,24H,5-6,11H2,1-2H3. The van der Waals surface area contributed by atoms with E-state index in [0.29, 0.717) is 28.6 Å². The molecule has 7 heteroatoms. The number of nitrogens with zero attached hydrogens (tertiary/aromatic N) is 1. The normalized spacial score (nSPS) is 12.1. The Balaban J connectivity index is 2.21. The quantitative estimate of drug-likeness (QED) is 0.602. The predicted molar refractivity (Wildman–Crippen MR) is 111 cm³/mol. The lowest BCUT2D eigenvalue weighted by molar-refractivity contribution is 0.0780. The number of amides is 1. The lowest BCUT2D eigenvalue weighted by atomic mass is 9.95. The highest BCUT2D eigenvalue weighted by molar-refractivity contribution is 8.21. The summed E-state index contributed by atoms with van der Waals surface area (Å²) >= 11 is 12.1. The number of hydrogen-bond acceptors (Lipinski definition) is 3. The Labute approximate surface area is 172 Å². The van der Waals surface area contributed by atoms with Gasteiger partial charge in [0.15, 0.2) is 0 Å². The third-order valence-electron chi connectivity index (χ3n) is 4.12. The van der Waals surface area contributed by atoms with Gasteiger partial charge in [0.2, 0.25) is 0 Å². The molecule has 0 aliphatic heterocycles. The van der Waals surface area contributed by atoms with Crippen LogP contribution in [0, 0.1) is 6.92 Å². The first-order valence-electron chi connectivity index (χ1n) is 8.07. The number of hydrogen-bond donors (Lipinski definition) is 1. The second-order valence-electron chi connectivity index (χ2n) is 6.18. The van der Waals surface area contributed by atoms with Crippen molar-refractivity contribution in [1.82, 2.24) is 4.90 Å². The lowest BCUT2D eigenvalue weighted by Gasteiger charge is -2.25. The Bertz CT molecular complexity index is 785. The number of likely N-dealkylation sites (N-methyl/N-ethyl adjacent to an activating group) is 1. The van der Waals surface area contributed by atoms with Crippen molar-refractivity contribution < 1.29 is 9.90 Å². The second kappa shape index (κ2) is 9.86. The number of aliphatic hydroxyl groups is 1. The Hall–Kier alpha value is -0.910. The van der Waals surface area contributed by atoms with E-state index in [9.17, 15) is 9.90 Å². The van der Waals surface area contributed by atoms with Gasteiger partial charge in [-0.1, -0.05) is 29.3 Å². The van der Waals surface area contributed by atoms with Crippen LogP contribution in [0.15, 0.2) is 41.3 Å². The minimum Gasteiger partial charge on any atom is -0.396 e. The Morgan fingerprint density at radius 2 is 1.92 bits per heavy atom. The predicted octanol–water partition coefficient (Wildman–Crippen LogP) is 5.79. The number of aliphatic hydroxyl groups excluding tert-OH is 1. The number of carbonyl (C=O) groups excluding carboxylic acids is 1. The van der Waals surface area contributed by atoms with Gasteiger partial charge in [-0.3, -0.25) is 4.79 Å². The summed E-state index contributed by atoms with van der Waals surface area (Å²) in [6.45, 7) is 2.40. The van der Waals surface area contributed by atoms with E-state index in [2.05, 4.69) is 0 Å². The summed E-state index contributed by atoms with van der Waals surface area (Å²) in [7, 11) is 8.67. The number of halogens is 3. The van der Waals surface area contributed by atoms with Crippen molar-refractivity contribution >= 4 is 50.8 Å². The van der Waals surface area contributed by atoms with Crippen LogP contribution in [0.3, 0.4) is 0 Å². The van der Waals surface area contributed by atoms with Crippen molar-refractivity contribution in [3.05, 3.63) is 63.1 Å². The summed E-state index contributed by atoms with van der Waals surface area (Å²) in [5, 5.41) is 10.4. The monoisotopic (exact) mass is 431 g/mol. The third-order valence-corrected chi connectivity index (χ3v) is 5.81. The number of carbonyl (C=O) groups is 1. The van der Waals surface area contributed by atoms with Crippen LogP contribution < -0.4 is 0 Å². The molecule has 0 saturated carbocycles. The molecule has 2 rings (SSSR count). The molecule has 0 fully saturated rings. The Morgan fingerprint density at radius 3 is 2.54 bits per heavy atom. The third kappa shape index (κ3) is 5.54. The summed E-state index contributed by atoms with van der Waals surface area (Å²) in [6.07, 6.45) is 0.520. The fourth-order valence-electron chi connectivity index (χ4n) is 2.84. The molecule has 1 N–H and O–H groups in total. The van der Waals surface area contributed by atoms with Gasteiger partial charge in [-0.25, -0.2) is 0 Å². The highest BCUT2D eigenvalue weighted by Gasteiger charge is 2.20. The van der Waals surface area contributed by atoms with Crippen molar-refractivity contribution in [2.45, 2.75) is 24.2 Å². The Kier molecular flexibility index (Phi) is 8.11. The molecule has 0 radical (unpaired) electrons. The largest absolute Gasteiger partial charge is 0.396 e. The van der Waals surface area contributed by atoms with Crippen LogP contribution in [0.4, 0.5) is 0 Å². The SMILES string of the molecule is Cc1cc(SCl)cc(C(=O)N(C)CC(CCO)c2ccc(Cl)c(Cl)c2)c1. The maximum absolute atomic E-state index is 12.8. The summed E-state index contributed by atoms with van der Waals surface area (Å²) < 4.78 is 0. The summed E-state index contributed by atoms with van der Waals surface area (Å²) in [5.74, 6) is -0.140. The van der Waals surface area contributed by atoms with Gasteiger partial charge >= 0.3 is 0 Å². The van der Waals surface area contributed by atoms with Crippen molar-refractivity contribution in [2.75, 3.05) is 20.2 Å². The average Bonchev–Trinajstić information content (AvgIpc) is 2.62. The number of aryl methyl sites for hydroxylation is 1. The molecular formula is C19H20Cl3NO2S. The molecule has 0 aliphatic rings. The van der Waals surface area contributed by atoms with E-state index in [1.807, 2.05) is 25.1 Å². The minimum atomic E-state index is -0.0938. The number of benzene rings is 2. The minimum absolute atomic E-state index is 0.0183. The smallest absolute Gasteiger partial charge is 0.253 e. The van der Waals surface area contributed by atoms with Crippen molar-refractivity contribution in [3.63, 3.8) is 0 Å². The average molecular weight is 433 g/mol. The van der Waals surface area contributed by atoms with E-state index in [0.717, 1.165) is 27.0 Å². The van der Waals surface area contributed by atoms with Gasteiger partial charge in [-0.05, 0) is 76.5 Å². The van der Waals surface area contributed by atoms with Gasteiger partial charge in [-0.2, -0.15) is 0 Å². The van der Waals surface area contributed by atoms with Gasteiger partial charge in [0.1, 0.15) is 0 Å². The van der Waals surface area contributed by atoms with Crippen LogP contribution in [0.2, 0.25) is 10.0 Å². The van der Waals surface area contributed by atoms with Crippen LogP contribution in [0.25, 0.3) is 0 Å². The zero-order valence-corrected chi connectivity index (χ0v) is 17.6. The zero-order chi connectivity index (χ0) is 19.3. The molecule has 0 spiro atoms. The summed E-state index contributed by atoms with van der Waals surface area (Å²) in [4.78, 5) is 15.3. The first-order valence-corrected chi connectivity index (χ1v) is 10.5. The second-order valence-corrected chi connectivity index (χ2v) is 8.08. The fraction of sp³-hybridized carbons (Fsp3) is 0.316. The molecule has 26 heavy (non-hydrogen) atoms. The van der Waals surface area contributed by atoms with E-state index in [4.69, 9.17) is 33.9 Å². The molecule has 2 aromatic rings. The van der Waals surface area contributed by atoms with Gasteiger partial charge < -0.3 is 10.0 Å². The molecule has 2 aromatic carbocycles. The van der Waals surface area contributed by atoms with Gasteiger partial charge in [0.25, 0.3) is 5.91 Å². The Morgan fingerprint density at radius 1 is 1.19 bits per heavy atom. The van der Waals surface area contributed by atoms with Crippen molar-refractivity contribution in [2.24, 2.45) is 0 Å². The summed E-state index contributed by atoms with van der Waals surface area (Å²) in [5.41, 5.74) is 2.51. The fourth-order valence-corrected chi connectivity index (χ4v) is 3.81. The van der Waals surface area contributed by atoms with E-state index < -0.39 is 0 Å². The van der Waals surface area contributed by atoms with Crippen LogP contribution >= 0.6 is 44.9 Å². The van der Waals surface area contributed by atoms with Gasteiger partial charge in [-0.15, -0.1) is 0 Å². The summed E-state index contributed by atoms with van der Waals surface area (Å²) in [6, 6.07) is 11.0. The van der Waals surface area contributed by atoms with Crippen LogP contribution in [-0.4, -0.2) is 36.1 Å². The van der Waals surface area contributed by atoms with E-state index in [-0.39, 0.29) is 18.4 Å². The number of rotatable bonds is 7.